The fourth-order valence-electron chi connectivity index (χ4n) is 2.67. The molecular formula is C24H19F2NO6. The highest BCUT2D eigenvalue weighted by Gasteiger charge is 2.14. The summed E-state index contributed by atoms with van der Waals surface area (Å²) < 4.78 is 39.0. The van der Waals surface area contributed by atoms with Gasteiger partial charge in [-0.2, -0.15) is 8.78 Å². The molecule has 0 unspecified atom stereocenters. The van der Waals surface area contributed by atoms with E-state index in [0.29, 0.717) is 12.4 Å². The van der Waals surface area contributed by atoms with Crippen LogP contribution in [-0.4, -0.2) is 31.0 Å². The fraction of sp³-hybridized carbons (Fsp3) is 0.125. The zero-order chi connectivity index (χ0) is 23.6. The van der Waals surface area contributed by atoms with Crippen molar-refractivity contribution in [1.82, 2.24) is 5.32 Å². The van der Waals surface area contributed by atoms with Gasteiger partial charge in [0.1, 0.15) is 18.1 Å². The van der Waals surface area contributed by atoms with Crippen molar-refractivity contribution in [3.63, 3.8) is 0 Å². The van der Waals surface area contributed by atoms with Gasteiger partial charge in [-0.3, -0.25) is 14.9 Å². The number of alkyl halides is 2. The van der Waals surface area contributed by atoms with Crippen LogP contribution in [0, 0.1) is 0 Å². The van der Waals surface area contributed by atoms with Gasteiger partial charge in [0.25, 0.3) is 11.8 Å². The molecule has 0 spiro atoms. The molecule has 7 nitrogen and oxygen atoms in total. The van der Waals surface area contributed by atoms with Crippen molar-refractivity contribution in [2.45, 2.75) is 13.2 Å². The zero-order valence-corrected chi connectivity index (χ0v) is 17.2. The van der Waals surface area contributed by atoms with E-state index in [1.165, 1.54) is 36.4 Å². The first-order chi connectivity index (χ1) is 15.9. The molecule has 3 rings (SSSR count). The van der Waals surface area contributed by atoms with E-state index in [9.17, 15) is 23.2 Å². The van der Waals surface area contributed by atoms with Gasteiger partial charge in [-0.25, -0.2) is 4.79 Å². The summed E-state index contributed by atoms with van der Waals surface area (Å²) in [5.74, 6) is -1.94. The largest absolute Gasteiger partial charge is 0.489 e. The Morgan fingerprint density at radius 2 is 1.39 bits per heavy atom. The quantitative estimate of drug-likeness (QED) is 0.491. The summed E-state index contributed by atoms with van der Waals surface area (Å²) in [7, 11) is 0. The van der Waals surface area contributed by atoms with Crippen molar-refractivity contribution in [1.29, 1.82) is 0 Å². The topological polar surface area (TPSA) is 90.9 Å². The molecule has 0 heterocycles. The van der Waals surface area contributed by atoms with Gasteiger partial charge in [-0.15, -0.1) is 0 Å². The third-order valence-electron chi connectivity index (χ3n) is 4.27. The fourth-order valence-corrected chi connectivity index (χ4v) is 2.67. The van der Waals surface area contributed by atoms with Crippen LogP contribution in [0.25, 0.3) is 0 Å². The maximum Gasteiger partial charge on any atom is 0.387 e. The highest BCUT2D eigenvalue weighted by atomic mass is 19.3. The van der Waals surface area contributed by atoms with Gasteiger partial charge in [0.05, 0.1) is 5.56 Å². The summed E-state index contributed by atoms with van der Waals surface area (Å²) in [4.78, 5) is 36.0. The summed E-state index contributed by atoms with van der Waals surface area (Å²) >= 11 is 0. The smallest absolute Gasteiger partial charge is 0.387 e. The van der Waals surface area contributed by atoms with Crippen LogP contribution >= 0.6 is 0 Å². The lowest BCUT2D eigenvalue weighted by atomic mass is 10.2. The minimum Gasteiger partial charge on any atom is -0.489 e. The van der Waals surface area contributed by atoms with Gasteiger partial charge < -0.3 is 14.2 Å². The zero-order valence-electron chi connectivity index (χ0n) is 17.2. The minimum absolute atomic E-state index is 0.0439. The number of imide groups is 1. The molecule has 0 radical (unpaired) electrons. The predicted octanol–water partition coefficient (Wildman–Crippen LogP) is 3.98. The SMILES string of the molecule is O=C(COC(=O)c1ccc(OCc2ccccc2)cc1)NC(=O)c1ccc(OC(F)F)cc1. The molecule has 2 amide bonds. The lowest BCUT2D eigenvalue weighted by molar-refractivity contribution is -0.123. The monoisotopic (exact) mass is 455 g/mol. The Balaban J connectivity index is 1.43. The number of hydrogen-bond donors (Lipinski definition) is 1. The number of halogens is 2. The maximum absolute atomic E-state index is 12.1. The second kappa shape index (κ2) is 11.4. The van der Waals surface area contributed by atoms with Gasteiger partial charge in [-0.05, 0) is 54.1 Å². The lowest BCUT2D eigenvalue weighted by Crippen LogP contribution is -2.34. The number of amides is 2. The Hall–Kier alpha value is -4.27. The van der Waals surface area contributed by atoms with Crippen LogP contribution in [0.15, 0.2) is 78.9 Å². The van der Waals surface area contributed by atoms with E-state index >= 15 is 0 Å². The molecule has 3 aromatic rings. The first-order valence-electron chi connectivity index (χ1n) is 9.73. The average Bonchev–Trinajstić information content (AvgIpc) is 2.82. The van der Waals surface area contributed by atoms with E-state index in [-0.39, 0.29) is 16.9 Å². The number of hydrogen-bond acceptors (Lipinski definition) is 6. The molecule has 3 aromatic carbocycles. The molecule has 0 fully saturated rings. The van der Waals surface area contributed by atoms with E-state index in [1.54, 1.807) is 12.1 Å². The molecule has 0 saturated carbocycles. The predicted molar refractivity (Wildman–Crippen MR) is 113 cm³/mol. The number of carbonyl (C=O) groups is 3. The minimum atomic E-state index is -2.99. The van der Waals surface area contributed by atoms with Crippen molar-refractivity contribution in [3.05, 3.63) is 95.6 Å². The van der Waals surface area contributed by atoms with Crippen LogP contribution in [-0.2, 0) is 16.1 Å². The Labute approximate surface area is 187 Å². The van der Waals surface area contributed by atoms with Crippen molar-refractivity contribution in [3.8, 4) is 11.5 Å². The Kier molecular flexibility index (Phi) is 8.07. The Morgan fingerprint density at radius 3 is 2.03 bits per heavy atom. The second-order valence-electron chi connectivity index (χ2n) is 6.65. The third kappa shape index (κ3) is 7.42. The van der Waals surface area contributed by atoms with Crippen LogP contribution in [0.4, 0.5) is 8.78 Å². The third-order valence-corrected chi connectivity index (χ3v) is 4.27. The molecular weight excluding hydrogens is 436 g/mol. The highest BCUT2D eigenvalue weighted by molar-refractivity contribution is 6.05. The molecule has 0 saturated heterocycles. The molecule has 1 N–H and O–H groups in total. The maximum atomic E-state index is 12.1. The molecule has 0 aliphatic carbocycles. The summed E-state index contributed by atoms with van der Waals surface area (Å²) in [6.07, 6.45) is 0. The normalized spacial score (nSPS) is 10.4. The van der Waals surface area contributed by atoms with Crippen LogP contribution < -0.4 is 14.8 Å². The van der Waals surface area contributed by atoms with Gasteiger partial charge >= 0.3 is 12.6 Å². The molecule has 170 valence electrons. The summed E-state index contributed by atoms with van der Waals surface area (Å²) in [5.41, 5.74) is 1.25. The van der Waals surface area contributed by atoms with Gasteiger partial charge in [0.2, 0.25) is 0 Å². The standard InChI is InChI=1S/C24H19F2NO6/c25-24(26)33-20-12-6-17(7-13-20)22(29)27-21(28)15-32-23(30)18-8-10-19(11-9-18)31-14-16-4-2-1-3-5-16/h1-13,24H,14-15H2,(H,27,28,29). The van der Waals surface area contributed by atoms with E-state index in [0.717, 1.165) is 5.56 Å². The number of carbonyl (C=O) groups excluding carboxylic acids is 3. The first-order valence-corrected chi connectivity index (χ1v) is 9.73. The Morgan fingerprint density at radius 1 is 0.788 bits per heavy atom. The van der Waals surface area contributed by atoms with Gasteiger partial charge in [-0.1, -0.05) is 30.3 Å². The molecule has 9 heteroatoms. The van der Waals surface area contributed by atoms with E-state index in [1.807, 2.05) is 35.6 Å². The van der Waals surface area contributed by atoms with Crippen molar-refractivity contribution in [2.75, 3.05) is 6.61 Å². The molecule has 0 bridgehead atoms. The lowest BCUT2D eigenvalue weighted by Gasteiger charge is -2.08. The van der Waals surface area contributed by atoms with Crippen LogP contribution in [0.2, 0.25) is 0 Å². The molecule has 0 atom stereocenters. The second-order valence-corrected chi connectivity index (χ2v) is 6.65. The first kappa shape index (κ1) is 23.4. The average molecular weight is 455 g/mol. The van der Waals surface area contributed by atoms with Crippen molar-refractivity contribution < 1.29 is 37.4 Å². The summed E-state index contributed by atoms with van der Waals surface area (Å²) in [6, 6.07) is 20.5. The van der Waals surface area contributed by atoms with Crippen molar-refractivity contribution >= 4 is 17.8 Å². The number of nitrogens with one attached hydrogen (secondary N) is 1. The summed E-state index contributed by atoms with van der Waals surface area (Å²) in [5, 5.41) is 2.04. The molecule has 33 heavy (non-hydrogen) atoms. The van der Waals surface area contributed by atoms with Crippen molar-refractivity contribution in [2.24, 2.45) is 0 Å². The van der Waals surface area contributed by atoms with Crippen LogP contribution in [0.5, 0.6) is 11.5 Å². The Bertz CT molecular complexity index is 1090. The van der Waals surface area contributed by atoms with E-state index in [4.69, 9.17) is 9.47 Å². The van der Waals surface area contributed by atoms with Crippen LogP contribution in [0.3, 0.4) is 0 Å². The number of benzene rings is 3. The number of rotatable bonds is 9. The molecule has 0 aliphatic rings. The molecule has 0 aliphatic heterocycles. The number of ether oxygens (including phenoxy) is 3. The number of esters is 1. The highest BCUT2D eigenvalue weighted by Crippen LogP contribution is 2.16. The van der Waals surface area contributed by atoms with Crippen LogP contribution in [0.1, 0.15) is 26.3 Å². The van der Waals surface area contributed by atoms with Gasteiger partial charge in [0, 0.05) is 5.56 Å². The van der Waals surface area contributed by atoms with E-state index in [2.05, 4.69) is 4.74 Å². The van der Waals surface area contributed by atoms with Gasteiger partial charge in [0.15, 0.2) is 6.61 Å². The summed E-state index contributed by atoms with van der Waals surface area (Å²) in [6.45, 7) is -3.29. The van der Waals surface area contributed by atoms with E-state index < -0.39 is 31.0 Å². The molecule has 0 aromatic heterocycles.